The molecule has 0 atom stereocenters. The summed E-state index contributed by atoms with van der Waals surface area (Å²) >= 11 is 6.01. The van der Waals surface area contributed by atoms with Gasteiger partial charge in [0, 0.05) is 11.6 Å². The van der Waals surface area contributed by atoms with Crippen molar-refractivity contribution in [2.75, 3.05) is 6.54 Å². The van der Waals surface area contributed by atoms with Gasteiger partial charge in [-0.15, -0.1) is 0 Å². The molecule has 110 valence electrons. The van der Waals surface area contributed by atoms with E-state index in [4.69, 9.17) is 11.6 Å². The predicted octanol–water partition coefficient (Wildman–Crippen LogP) is 3.64. The van der Waals surface area contributed by atoms with E-state index in [0.717, 1.165) is 11.1 Å². The van der Waals surface area contributed by atoms with Gasteiger partial charge in [-0.25, -0.2) is 13.1 Å². The summed E-state index contributed by atoms with van der Waals surface area (Å²) < 4.78 is 26.6. The zero-order valence-electron chi connectivity index (χ0n) is 11.6. The van der Waals surface area contributed by atoms with Crippen molar-refractivity contribution in [3.8, 4) is 0 Å². The van der Waals surface area contributed by atoms with E-state index in [1.165, 1.54) is 0 Å². The lowest BCUT2D eigenvalue weighted by Gasteiger charge is -2.05. The third-order valence-corrected chi connectivity index (χ3v) is 4.71. The van der Waals surface area contributed by atoms with Gasteiger partial charge in [0.05, 0.1) is 4.90 Å². The Hall–Kier alpha value is -1.62. The fourth-order valence-electron chi connectivity index (χ4n) is 1.75. The normalized spacial score (nSPS) is 11.9. The molecule has 0 bridgehead atoms. The van der Waals surface area contributed by atoms with Gasteiger partial charge in [0.1, 0.15) is 0 Å². The third kappa shape index (κ3) is 4.43. The summed E-state index contributed by atoms with van der Waals surface area (Å²) in [4.78, 5) is 0.263. The molecule has 0 fully saturated rings. The Balaban J connectivity index is 1.99. The molecule has 0 spiro atoms. The average molecular weight is 322 g/mol. The number of hydrogen-bond donors (Lipinski definition) is 1. The second-order valence-electron chi connectivity index (χ2n) is 4.59. The van der Waals surface area contributed by atoms with E-state index < -0.39 is 10.0 Å². The fourth-order valence-corrected chi connectivity index (χ4v) is 2.93. The standard InChI is InChI=1S/C16H16ClNO2S/c1-13-8-10-15(11-9-13)21(19,20)18-12-4-6-14-5-2-3-7-16(14)17/h2-11,18H,12H2,1H3/b6-4+. The summed E-state index contributed by atoms with van der Waals surface area (Å²) in [6.45, 7) is 2.12. The molecule has 0 aliphatic carbocycles. The van der Waals surface area contributed by atoms with Crippen LogP contribution in [0.25, 0.3) is 6.08 Å². The minimum Gasteiger partial charge on any atom is -0.207 e. The van der Waals surface area contributed by atoms with E-state index in [0.29, 0.717) is 5.02 Å². The first-order chi connectivity index (χ1) is 9.99. The Morgan fingerprint density at radius 2 is 1.76 bits per heavy atom. The molecule has 5 heteroatoms. The van der Waals surface area contributed by atoms with Crippen LogP contribution in [-0.2, 0) is 10.0 Å². The maximum Gasteiger partial charge on any atom is 0.240 e. The van der Waals surface area contributed by atoms with E-state index in [9.17, 15) is 8.42 Å². The van der Waals surface area contributed by atoms with Crippen molar-refractivity contribution in [2.45, 2.75) is 11.8 Å². The molecule has 0 heterocycles. The number of nitrogens with one attached hydrogen (secondary N) is 1. The second-order valence-corrected chi connectivity index (χ2v) is 6.76. The van der Waals surface area contributed by atoms with E-state index in [1.54, 1.807) is 42.5 Å². The summed E-state index contributed by atoms with van der Waals surface area (Å²) in [5.74, 6) is 0. The lowest BCUT2D eigenvalue weighted by molar-refractivity contribution is 0.585. The molecule has 0 radical (unpaired) electrons. The van der Waals surface area contributed by atoms with Crippen LogP contribution in [0.15, 0.2) is 59.5 Å². The van der Waals surface area contributed by atoms with E-state index in [-0.39, 0.29) is 11.4 Å². The maximum absolute atomic E-state index is 12.1. The molecule has 0 amide bonds. The Labute approximate surface area is 130 Å². The number of rotatable bonds is 5. The SMILES string of the molecule is Cc1ccc(S(=O)(=O)NC/C=C/c2ccccc2Cl)cc1. The van der Waals surface area contributed by atoms with Gasteiger partial charge >= 0.3 is 0 Å². The zero-order chi connectivity index (χ0) is 15.3. The van der Waals surface area contributed by atoms with E-state index in [1.807, 2.05) is 25.1 Å². The summed E-state index contributed by atoms with van der Waals surface area (Å²) in [5, 5.41) is 0.634. The maximum atomic E-state index is 12.1. The highest BCUT2D eigenvalue weighted by Gasteiger charge is 2.11. The molecule has 1 N–H and O–H groups in total. The second kappa shape index (κ2) is 6.89. The van der Waals surface area contributed by atoms with Crippen molar-refractivity contribution < 1.29 is 8.42 Å². The Morgan fingerprint density at radius 1 is 1.10 bits per heavy atom. The minimum atomic E-state index is -3.48. The Kier molecular flexibility index (Phi) is 5.17. The quantitative estimate of drug-likeness (QED) is 0.914. The van der Waals surface area contributed by atoms with Gasteiger partial charge < -0.3 is 0 Å². The lowest BCUT2D eigenvalue weighted by atomic mass is 10.2. The fraction of sp³-hybridized carbons (Fsp3) is 0.125. The molecule has 2 rings (SSSR count). The number of benzene rings is 2. The minimum absolute atomic E-state index is 0.210. The van der Waals surface area contributed by atoms with Gasteiger partial charge in [0.25, 0.3) is 0 Å². The molecule has 0 aliphatic rings. The zero-order valence-corrected chi connectivity index (χ0v) is 13.2. The van der Waals surface area contributed by atoms with E-state index >= 15 is 0 Å². The van der Waals surface area contributed by atoms with Crippen molar-refractivity contribution in [1.82, 2.24) is 4.72 Å². The van der Waals surface area contributed by atoms with Crippen LogP contribution in [0.5, 0.6) is 0 Å². The number of halogens is 1. The highest BCUT2D eigenvalue weighted by atomic mass is 35.5. The molecule has 3 nitrogen and oxygen atoms in total. The number of sulfonamides is 1. The van der Waals surface area contributed by atoms with Crippen LogP contribution >= 0.6 is 11.6 Å². The van der Waals surface area contributed by atoms with Crippen LogP contribution in [0.2, 0.25) is 5.02 Å². The van der Waals surface area contributed by atoms with Crippen molar-refractivity contribution in [1.29, 1.82) is 0 Å². The average Bonchev–Trinajstić information content (AvgIpc) is 2.46. The van der Waals surface area contributed by atoms with Crippen LogP contribution in [0.3, 0.4) is 0 Å². The molecule has 21 heavy (non-hydrogen) atoms. The smallest absolute Gasteiger partial charge is 0.207 e. The summed E-state index contributed by atoms with van der Waals surface area (Å²) in [7, 11) is -3.48. The van der Waals surface area contributed by atoms with Crippen LogP contribution in [0, 0.1) is 6.92 Å². The number of hydrogen-bond acceptors (Lipinski definition) is 2. The highest BCUT2D eigenvalue weighted by molar-refractivity contribution is 7.89. The lowest BCUT2D eigenvalue weighted by Crippen LogP contribution is -2.23. The molecule has 0 aliphatic heterocycles. The van der Waals surface area contributed by atoms with E-state index in [2.05, 4.69) is 4.72 Å². The molecule has 2 aromatic carbocycles. The molecule has 2 aromatic rings. The Bertz CT molecular complexity index is 737. The van der Waals surface area contributed by atoms with Gasteiger partial charge in [0.2, 0.25) is 10.0 Å². The van der Waals surface area contributed by atoms with Crippen molar-refractivity contribution in [3.63, 3.8) is 0 Å². The van der Waals surface area contributed by atoms with Crippen LogP contribution in [-0.4, -0.2) is 15.0 Å². The van der Waals surface area contributed by atoms with Crippen molar-refractivity contribution in [3.05, 3.63) is 70.8 Å². The van der Waals surface area contributed by atoms with Gasteiger partial charge in [0.15, 0.2) is 0 Å². The highest BCUT2D eigenvalue weighted by Crippen LogP contribution is 2.16. The predicted molar refractivity (Wildman–Crippen MR) is 86.9 cm³/mol. The summed E-state index contributed by atoms with van der Waals surface area (Å²) in [5.41, 5.74) is 1.88. The topological polar surface area (TPSA) is 46.2 Å². The molecule has 0 saturated heterocycles. The monoisotopic (exact) mass is 321 g/mol. The van der Waals surface area contributed by atoms with Crippen LogP contribution in [0.4, 0.5) is 0 Å². The van der Waals surface area contributed by atoms with Gasteiger partial charge in [-0.2, -0.15) is 0 Å². The molecule has 0 aromatic heterocycles. The van der Waals surface area contributed by atoms with Crippen LogP contribution in [0.1, 0.15) is 11.1 Å². The molecular weight excluding hydrogens is 306 g/mol. The summed E-state index contributed by atoms with van der Waals surface area (Å²) in [6, 6.07) is 14.1. The van der Waals surface area contributed by atoms with Gasteiger partial charge in [-0.3, -0.25) is 0 Å². The molecule has 0 saturated carbocycles. The van der Waals surface area contributed by atoms with Crippen molar-refractivity contribution >= 4 is 27.7 Å². The van der Waals surface area contributed by atoms with Gasteiger partial charge in [-0.1, -0.05) is 59.6 Å². The molecule has 0 unspecified atom stereocenters. The third-order valence-electron chi connectivity index (χ3n) is 2.93. The van der Waals surface area contributed by atoms with Gasteiger partial charge in [-0.05, 0) is 30.7 Å². The first kappa shape index (κ1) is 15.8. The molecular formula is C16H16ClNO2S. The number of aryl methyl sites for hydroxylation is 1. The first-order valence-electron chi connectivity index (χ1n) is 6.46. The summed E-state index contributed by atoms with van der Waals surface area (Å²) in [6.07, 6.45) is 3.52. The largest absolute Gasteiger partial charge is 0.240 e. The van der Waals surface area contributed by atoms with Crippen LogP contribution < -0.4 is 4.72 Å². The first-order valence-corrected chi connectivity index (χ1v) is 8.32. The van der Waals surface area contributed by atoms with Crippen molar-refractivity contribution in [2.24, 2.45) is 0 Å². The Morgan fingerprint density at radius 3 is 2.43 bits per heavy atom.